The summed E-state index contributed by atoms with van der Waals surface area (Å²) in [6.07, 6.45) is 0.352. The molecule has 0 saturated heterocycles. The Morgan fingerprint density at radius 3 is 2.83 bits per heavy atom. The van der Waals surface area contributed by atoms with E-state index in [0.717, 1.165) is 6.07 Å². The topological polar surface area (TPSA) is 70.4 Å². The van der Waals surface area contributed by atoms with E-state index < -0.39 is 11.8 Å². The first-order valence-electron chi connectivity index (χ1n) is 5.21. The molecule has 0 aliphatic heterocycles. The fourth-order valence-electron chi connectivity index (χ4n) is 1.49. The summed E-state index contributed by atoms with van der Waals surface area (Å²) >= 11 is 1.29. The second-order valence-electron chi connectivity index (χ2n) is 3.74. The highest BCUT2D eigenvalue weighted by molar-refractivity contribution is 7.13. The Morgan fingerprint density at radius 2 is 2.17 bits per heavy atom. The summed E-state index contributed by atoms with van der Waals surface area (Å²) in [6, 6.07) is 3.71. The van der Waals surface area contributed by atoms with Crippen LogP contribution in [-0.2, 0) is 11.2 Å². The van der Waals surface area contributed by atoms with Crippen LogP contribution < -0.4 is 0 Å². The zero-order chi connectivity index (χ0) is 13.1. The predicted octanol–water partition coefficient (Wildman–Crippen LogP) is 2.67. The van der Waals surface area contributed by atoms with E-state index >= 15 is 0 Å². The highest BCUT2D eigenvalue weighted by Crippen LogP contribution is 2.28. The summed E-state index contributed by atoms with van der Waals surface area (Å²) < 4.78 is 13.1. The Kier molecular flexibility index (Phi) is 3.57. The van der Waals surface area contributed by atoms with Crippen molar-refractivity contribution in [3.63, 3.8) is 0 Å². The zero-order valence-electron chi connectivity index (χ0n) is 9.26. The molecule has 1 aromatic carbocycles. The van der Waals surface area contributed by atoms with Gasteiger partial charge in [0.1, 0.15) is 16.6 Å². The molecular weight excluding hydrogens is 257 g/mol. The van der Waals surface area contributed by atoms with Gasteiger partial charge < -0.3 is 10.2 Å². The van der Waals surface area contributed by atoms with Gasteiger partial charge in [0, 0.05) is 23.4 Å². The minimum atomic E-state index is -0.882. The predicted molar refractivity (Wildman–Crippen MR) is 65.1 cm³/mol. The summed E-state index contributed by atoms with van der Waals surface area (Å²) in [6.45, 7) is 0. The molecule has 0 radical (unpaired) electrons. The van der Waals surface area contributed by atoms with Crippen molar-refractivity contribution in [2.45, 2.75) is 12.8 Å². The number of hydrogen-bond acceptors (Lipinski definition) is 4. The second-order valence-corrected chi connectivity index (χ2v) is 4.59. The second kappa shape index (κ2) is 5.14. The molecule has 4 nitrogen and oxygen atoms in total. The maximum atomic E-state index is 13.1. The van der Waals surface area contributed by atoms with Gasteiger partial charge in [0.05, 0.1) is 12.1 Å². The van der Waals surface area contributed by atoms with Gasteiger partial charge in [-0.3, -0.25) is 4.79 Å². The Balaban J connectivity index is 2.21. The number of benzene rings is 1. The van der Waals surface area contributed by atoms with Crippen molar-refractivity contribution < 1.29 is 19.4 Å². The fraction of sp³-hybridized carbons (Fsp3) is 0.167. The van der Waals surface area contributed by atoms with Gasteiger partial charge in [0.15, 0.2) is 0 Å². The van der Waals surface area contributed by atoms with Crippen LogP contribution >= 0.6 is 11.3 Å². The number of aliphatic carboxylic acids is 1. The monoisotopic (exact) mass is 267 g/mol. The van der Waals surface area contributed by atoms with E-state index in [2.05, 4.69) is 4.98 Å². The third-order valence-electron chi connectivity index (χ3n) is 2.28. The van der Waals surface area contributed by atoms with E-state index in [4.69, 9.17) is 5.11 Å². The summed E-state index contributed by atoms with van der Waals surface area (Å²) in [5.74, 6) is -1.58. The highest BCUT2D eigenvalue weighted by Gasteiger charge is 2.08. The van der Waals surface area contributed by atoms with Gasteiger partial charge in [-0.25, -0.2) is 9.37 Å². The Labute approximate surface area is 106 Å². The zero-order valence-corrected chi connectivity index (χ0v) is 10.1. The molecule has 2 N–H and O–H groups in total. The third kappa shape index (κ3) is 3.04. The first kappa shape index (κ1) is 12.5. The number of carboxylic acids is 1. The van der Waals surface area contributed by atoms with Crippen LogP contribution in [0, 0.1) is 5.82 Å². The number of rotatable bonds is 4. The van der Waals surface area contributed by atoms with Crippen molar-refractivity contribution >= 4 is 17.3 Å². The SMILES string of the molecule is O=C(O)CCc1csc(-c2cc(O)cc(F)c2)n1. The first-order chi connectivity index (χ1) is 8.54. The summed E-state index contributed by atoms with van der Waals surface area (Å²) in [4.78, 5) is 14.6. The lowest BCUT2D eigenvalue weighted by Gasteiger charge is -1.98. The van der Waals surface area contributed by atoms with E-state index in [1.54, 1.807) is 5.38 Å². The maximum absolute atomic E-state index is 13.1. The van der Waals surface area contributed by atoms with Crippen LogP contribution in [0.5, 0.6) is 5.75 Å². The molecule has 2 rings (SSSR count). The molecule has 0 saturated carbocycles. The number of aryl methyl sites for hydroxylation is 1. The molecule has 1 aromatic heterocycles. The molecular formula is C12H10FNO3S. The van der Waals surface area contributed by atoms with E-state index in [-0.39, 0.29) is 12.2 Å². The number of hydrogen-bond donors (Lipinski definition) is 2. The van der Waals surface area contributed by atoms with Gasteiger partial charge in [-0.15, -0.1) is 11.3 Å². The normalized spacial score (nSPS) is 10.5. The highest BCUT2D eigenvalue weighted by atomic mass is 32.1. The van der Waals surface area contributed by atoms with Crippen LogP contribution in [0.2, 0.25) is 0 Å². The van der Waals surface area contributed by atoms with Gasteiger partial charge in [-0.05, 0) is 12.1 Å². The molecule has 0 amide bonds. The smallest absolute Gasteiger partial charge is 0.303 e. The number of halogens is 1. The molecule has 0 spiro atoms. The molecule has 0 unspecified atom stereocenters. The minimum Gasteiger partial charge on any atom is -0.508 e. The van der Waals surface area contributed by atoms with Crippen molar-refractivity contribution in [2.75, 3.05) is 0 Å². The Bertz CT molecular complexity index is 562. The fourth-order valence-corrected chi connectivity index (χ4v) is 2.33. The molecule has 0 bridgehead atoms. The minimum absolute atomic E-state index is 0.0115. The van der Waals surface area contributed by atoms with Crippen LogP contribution in [0.4, 0.5) is 4.39 Å². The standard InChI is InChI=1S/C12H10FNO3S/c13-8-3-7(4-10(15)5-8)12-14-9(6-18-12)1-2-11(16)17/h3-6,15H,1-2H2,(H,16,17). The quantitative estimate of drug-likeness (QED) is 0.893. The third-order valence-corrected chi connectivity index (χ3v) is 3.22. The average molecular weight is 267 g/mol. The van der Waals surface area contributed by atoms with E-state index in [1.165, 1.54) is 23.5 Å². The largest absolute Gasteiger partial charge is 0.508 e. The molecule has 2 aromatic rings. The molecule has 6 heteroatoms. The van der Waals surface area contributed by atoms with Crippen molar-refractivity contribution in [1.29, 1.82) is 0 Å². The summed E-state index contributed by atoms with van der Waals surface area (Å²) in [7, 11) is 0. The molecule has 0 atom stereocenters. The van der Waals surface area contributed by atoms with E-state index in [0.29, 0.717) is 22.7 Å². The molecule has 1 heterocycles. The van der Waals surface area contributed by atoms with Gasteiger partial charge in [-0.1, -0.05) is 0 Å². The number of thiazole rings is 1. The van der Waals surface area contributed by atoms with Gasteiger partial charge in [0.25, 0.3) is 0 Å². The maximum Gasteiger partial charge on any atom is 0.303 e. The number of nitrogens with zero attached hydrogens (tertiary/aromatic N) is 1. The van der Waals surface area contributed by atoms with Crippen molar-refractivity contribution in [3.05, 3.63) is 35.1 Å². The summed E-state index contributed by atoms with van der Waals surface area (Å²) in [5.41, 5.74) is 1.14. The molecule has 18 heavy (non-hydrogen) atoms. The lowest BCUT2D eigenvalue weighted by atomic mass is 10.2. The van der Waals surface area contributed by atoms with Crippen LogP contribution in [0.1, 0.15) is 12.1 Å². The van der Waals surface area contributed by atoms with Crippen LogP contribution in [0.3, 0.4) is 0 Å². The first-order valence-corrected chi connectivity index (χ1v) is 6.08. The molecule has 94 valence electrons. The van der Waals surface area contributed by atoms with Gasteiger partial charge in [-0.2, -0.15) is 0 Å². The number of phenols is 1. The molecule has 0 aliphatic rings. The van der Waals surface area contributed by atoms with Gasteiger partial charge in [0.2, 0.25) is 0 Å². The number of aromatic hydroxyl groups is 1. The number of aromatic nitrogens is 1. The lowest BCUT2D eigenvalue weighted by Crippen LogP contribution is -1.97. The average Bonchev–Trinajstić information content (AvgIpc) is 2.73. The van der Waals surface area contributed by atoms with E-state index in [9.17, 15) is 14.3 Å². The number of carboxylic acid groups (broad SMARTS) is 1. The molecule has 0 aliphatic carbocycles. The lowest BCUT2D eigenvalue weighted by molar-refractivity contribution is -0.136. The van der Waals surface area contributed by atoms with Crippen LogP contribution in [0.15, 0.2) is 23.6 Å². The van der Waals surface area contributed by atoms with Crippen molar-refractivity contribution in [1.82, 2.24) is 4.98 Å². The van der Waals surface area contributed by atoms with Crippen molar-refractivity contribution in [3.8, 4) is 16.3 Å². The Hall–Kier alpha value is -1.95. The molecule has 0 fully saturated rings. The van der Waals surface area contributed by atoms with Crippen molar-refractivity contribution in [2.24, 2.45) is 0 Å². The van der Waals surface area contributed by atoms with E-state index in [1.807, 2.05) is 0 Å². The van der Waals surface area contributed by atoms with Gasteiger partial charge >= 0.3 is 5.97 Å². The Morgan fingerprint density at radius 1 is 1.39 bits per heavy atom. The number of phenolic OH excluding ortho intramolecular Hbond substituents is 1. The van der Waals surface area contributed by atoms with Crippen LogP contribution in [-0.4, -0.2) is 21.2 Å². The van der Waals surface area contributed by atoms with Crippen LogP contribution in [0.25, 0.3) is 10.6 Å². The summed E-state index contributed by atoms with van der Waals surface area (Å²) in [5, 5.41) is 20.2. The number of carbonyl (C=O) groups is 1.